The number of hydrogen-bond acceptors (Lipinski definition) is 4. The number of carbonyl (C=O) groups excluding carboxylic acids is 2. The minimum absolute atomic E-state index is 0.199. The molecule has 0 atom stereocenters. The predicted octanol–water partition coefficient (Wildman–Crippen LogP) is 2.68. The minimum atomic E-state index is -0.964. The first-order valence-corrected chi connectivity index (χ1v) is 8.79. The number of esters is 2. The zero-order valence-corrected chi connectivity index (χ0v) is 13.3. The maximum Gasteiger partial charge on any atom is 0.354 e. The van der Waals surface area contributed by atoms with E-state index in [0.29, 0.717) is 12.8 Å². The molecule has 0 radical (unpaired) electrons. The van der Waals surface area contributed by atoms with Crippen molar-refractivity contribution in [3.8, 4) is 0 Å². The van der Waals surface area contributed by atoms with Crippen LogP contribution in [-0.2, 0) is 19.1 Å². The minimum Gasteiger partial charge on any atom is -0.418 e. The number of benzene rings is 1. The van der Waals surface area contributed by atoms with Crippen LogP contribution in [0, 0.1) is 10.5 Å². The molecule has 1 aliphatic carbocycles. The lowest BCUT2D eigenvalue weighted by Crippen LogP contribution is -2.48. The van der Waals surface area contributed by atoms with Crippen molar-refractivity contribution in [2.45, 2.75) is 38.4 Å². The predicted molar refractivity (Wildman–Crippen MR) is 82.3 cm³/mol. The number of rotatable bonds is 1. The van der Waals surface area contributed by atoms with Crippen LogP contribution in [-0.4, -0.2) is 21.2 Å². The van der Waals surface area contributed by atoms with Crippen molar-refractivity contribution in [3.05, 3.63) is 33.4 Å². The number of hydrogen-bond donors (Lipinski definition) is 0. The Morgan fingerprint density at radius 2 is 1.55 bits per heavy atom. The highest BCUT2D eigenvalue weighted by Crippen LogP contribution is 2.37. The van der Waals surface area contributed by atoms with Gasteiger partial charge in [0.15, 0.2) is 3.51 Å². The lowest BCUT2D eigenvalue weighted by molar-refractivity contribution is -0.224. The first-order valence-electron chi connectivity index (χ1n) is 6.63. The van der Waals surface area contributed by atoms with E-state index < -0.39 is 38.5 Å². The lowest BCUT2D eigenvalue weighted by atomic mass is 10.2. The Hall–Kier alpha value is -1.24. The van der Waals surface area contributed by atoms with Gasteiger partial charge in [0.1, 0.15) is 0 Å². The van der Waals surface area contributed by atoms with Gasteiger partial charge in [-0.2, -0.15) is 0 Å². The summed E-state index contributed by atoms with van der Waals surface area (Å²) in [6, 6.07) is 7.87. The zero-order chi connectivity index (χ0) is 14.2. The van der Waals surface area contributed by atoms with E-state index in [9.17, 15) is 9.59 Å². The fourth-order valence-corrected chi connectivity index (χ4v) is 4.43. The summed E-state index contributed by atoms with van der Waals surface area (Å²) in [5, 5.41) is 0. The number of carbonyl (C=O) groups is 2. The summed E-state index contributed by atoms with van der Waals surface area (Å²) in [4.78, 5) is 24.2. The van der Waals surface area contributed by atoms with Gasteiger partial charge in [-0.25, -0.2) is 9.59 Å². The molecule has 0 unspecified atom stereocenters. The second kappa shape index (κ2) is 5.27. The fourth-order valence-electron chi connectivity index (χ4n) is 2.43. The van der Waals surface area contributed by atoms with Crippen LogP contribution in [0.25, 0.3) is 0 Å². The van der Waals surface area contributed by atoms with Gasteiger partial charge in [0.2, 0.25) is 0 Å². The Morgan fingerprint density at radius 3 is 2.10 bits per heavy atom. The number of aryl methyl sites for hydroxylation is 1. The maximum absolute atomic E-state index is 12.1. The molecule has 4 nitrogen and oxygen atoms in total. The molecule has 1 aliphatic heterocycles. The molecule has 0 aromatic heterocycles. The fraction of sp³-hybridized carbons (Fsp3) is 0.400. The summed E-state index contributed by atoms with van der Waals surface area (Å²) in [5.41, 5.74) is 1.15. The van der Waals surface area contributed by atoms with Gasteiger partial charge in [0, 0.05) is 16.4 Å². The van der Waals surface area contributed by atoms with E-state index in [1.807, 2.05) is 31.2 Å². The summed E-state index contributed by atoms with van der Waals surface area (Å²) in [7, 11) is 0. The summed E-state index contributed by atoms with van der Waals surface area (Å²) >= 11 is -0.852. The van der Waals surface area contributed by atoms with Crippen molar-refractivity contribution >= 4 is 36.2 Å². The molecular formula is C15H15IO4. The molecule has 1 aromatic rings. The van der Waals surface area contributed by atoms with E-state index in [4.69, 9.17) is 9.47 Å². The molecule has 1 aromatic carbocycles. The van der Waals surface area contributed by atoms with Crippen molar-refractivity contribution < 1.29 is 19.1 Å². The van der Waals surface area contributed by atoms with Crippen LogP contribution in [0.4, 0.5) is 0 Å². The average Bonchev–Trinajstić information content (AvgIpc) is 2.84. The van der Waals surface area contributed by atoms with Crippen molar-refractivity contribution in [2.75, 3.05) is 0 Å². The van der Waals surface area contributed by atoms with E-state index >= 15 is 0 Å². The Balaban J connectivity index is 1.86. The standard InChI is InChI=1S/C15H15IO4/c1-10-4-6-11(7-5-10)16-12-13(17)19-15(20-14(12)18)8-2-3-9-15/h4-7H,2-3,8-9H2,1H3. The normalized spacial score (nSPS) is 20.9. The van der Waals surface area contributed by atoms with E-state index in [1.165, 1.54) is 0 Å². The van der Waals surface area contributed by atoms with Gasteiger partial charge in [-0.05, 0) is 31.9 Å². The summed E-state index contributed by atoms with van der Waals surface area (Å²) < 4.78 is 12.1. The Kier molecular flexibility index (Phi) is 3.62. The van der Waals surface area contributed by atoms with Crippen molar-refractivity contribution in [2.24, 2.45) is 0 Å². The maximum atomic E-state index is 12.1. The Morgan fingerprint density at radius 1 is 1.00 bits per heavy atom. The second-order valence-corrected chi connectivity index (χ2v) is 7.96. The van der Waals surface area contributed by atoms with Gasteiger partial charge in [0.05, 0.1) is 0 Å². The Bertz CT molecular complexity index is 560. The molecule has 1 spiro atoms. The third kappa shape index (κ3) is 2.63. The van der Waals surface area contributed by atoms with E-state index in [1.54, 1.807) is 0 Å². The molecule has 1 heterocycles. The molecule has 20 heavy (non-hydrogen) atoms. The first-order chi connectivity index (χ1) is 9.58. The molecule has 0 bridgehead atoms. The van der Waals surface area contributed by atoms with Gasteiger partial charge >= 0.3 is 11.9 Å². The van der Waals surface area contributed by atoms with E-state index in [0.717, 1.165) is 22.0 Å². The molecule has 5 heteroatoms. The summed E-state index contributed by atoms with van der Waals surface area (Å²) in [6.45, 7) is 2.00. The first kappa shape index (κ1) is 13.7. The molecule has 1 saturated heterocycles. The largest absolute Gasteiger partial charge is 0.418 e. The highest BCUT2D eigenvalue weighted by atomic mass is 127. The van der Waals surface area contributed by atoms with Crippen LogP contribution in [0.5, 0.6) is 0 Å². The highest BCUT2D eigenvalue weighted by molar-refractivity contribution is 14.2. The lowest BCUT2D eigenvalue weighted by Gasteiger charge is -2.32. The molecule has 3 rings (SSSR count). The molecule has 2 aliphatic rings. The van der Waals surface area contributed by atoms with Crippen LogP contribution in [0.3, 0.4) is 0 Å². The van der Waals surface area contributed by atoms with Crippen LogP contribution in [0.2, 0.25) is 0 Å². The zero-order valence-electron chi connectivity index (χ0n) is 11.1. The van der Waals surface area contributed by atoms with E-state index in [2.05, 4.69) is 0 Å². The van der Waals surface area contributed by atoms with Crippen LogP contribution in [0.1, 0.15) is 31.2 Å². The Labute approximate surface area is 127 Å². The molecular weight excluding hydrogens is 371 g/mol. The summed E-state index contributed by atoms with van der Waals surface area (Å²) in [6.07, 6.45) is 3.12. The third-order valence-electron chi connectivity index (χ3n) is 3.50. The van der Waals surface area contributed by atoms with Gasteiger partial charge < -0.3 is 9.47 Å². The number of ether oxygens (including phenoxy) is 2. The monoisotopic (exact) mass is 386 g/mol. The summed E-state index contributed by atoms with van der Waals surface area (Å²) in [5.74, 6) is -1.91. The van der Waals surface area contributed by atoms with Crippen molar-refractivity contribution in [3.63, 3.8) is 0 Å². The molecule has 0 N–H and O–H groups in total. The van der Waals surface area contributed by atoms with Gasteiger partial charge in [-0.1, -0.05) is 38.4 Å². The van der Waals surface area contributed by atoms with E-state index in [-0.39, 0.29) is 3.51 Å². The smallest absolute Gasteiger partial charge is 0.354 e. The molecule has 1 saturated carbocycles. The highest BCUT2D eigenvalue weighted by Gasteiger charge is 2.48. The van der Waals surface area contributed by atoms with Crippen molar-refractivity contribution in [1.82, 2.24) is 0 Å². The van der Waals surface area contributed by atoms with Crippen molar-refractivity contribution in [1.29, 1.82) is 0 Å². The van der Waals surface area contributed by atoms with Crippen LogP contribution >= 0.6 is 20.7 Å². The third-order valence-corrected chi connectivity index (χ3v) is 6.26. The quantitative estimate of drug-likeness (QED) is 0.550. The van der Waals surface area contributed by atoms with Crippen LogP contribution < -0.4 is 0 Å². The molecule has 2 fully saturated rings. The van der Waals surface area contributed by atoms with Gasteiger partial charge in [-0.3, -0.25) is 0 Å². The average molecular weight is 386 g/mol. The molecule has 0 amide bonds. The van der Waals surface area contributed by atoms with Gasteiger partial charge in [0.25, 0.3) is 5.79 Å². The van der Waals surface area contributed by atoms with Crippen LogP contribution in [0.15, 0.2) is 24.3 Å². The molecule has 106 valence electrons. The number of halogens is 1. The topological polar surface area (TPSA) is 52.6 Å². The van der Waals surface area contributed by atoms with Gasteiger partial charge in [-0.15, -0.1) is 0 Å². The SMILES string of the molecule is Cc1ccc(I=C2C(=O)OC3(CCCC3)OC2=O)cc1. The second-order valence-electron chi connectivity index (χ2n) is 5.10.